The van der Waals surface area contributed by atoms with Crippen LogP contribution in [-0.4, -0.2) is 58.3 Å². The molecule has 4 aromatic rings. The van der Waals surface area contributed by atoms with E-state index in [2.05, 4.69) is 87.5 Å². The Balaban J connectivity index is 1.14. The monoisotopic (exact) mass is 781 g/mol. The van der Waals surface area contributed by atoms with Crippen LogP contribution in [0.2, 0.25) is 5.04 Å². The van der Waals surface area contributed by atoms with E-state index < -0.39 is 29.7 Å². The summed E-state index contributed by atoms with van der Waals surface area (Å²) in [7, 11) is -3.15. The molecule has 2 aliphatic rings. The summed E-state index contributed by atoms with van der Waals surface area (Å²) in [6, 6.07) is 36.5. The topological polar surface area (TPSA) is 85.3 Å². The van der Waals surface area contributed by atoms with Gasteiger partial charge in [-0.25, -0.2) is 8.42 Å². The van der Waals surface area contributed by atoms with Crippen molar-refractivity contribution in [2.75, 3.05) is 20.8 Å². The van der Waals surface area contributed by atoms with E-state index in [1.54, 1.807) is 18.5 Å². The molecule has 0 aromatic heterocycles. The molecule has 2 aliphatic carbocycles. The van der Waals surface area contributed by atoms with Gasteiger partial charge in [0, 0.05) is 19.7 Å². The lowest BCUT2D eigenvalue weighted by molar-refractivity contribution is 0.00403. The van der Waals surface area contributed by atoms with Gasteiger partial charge in [0.05, 0.1) is 25.6 Å². The molecule has 294 valence electrons. The first-order valence-electron chi connectivity index (χ1n) is 19.7. The first-order chi connectivity index (χ1) is 26.3. The third-order valence-electron chi connectivity index (χ3n) is 12.4. The van der Waals surface area contributed by atoms with Crippen LogP contribution >= 0.6 is 0 Å². The largest absolute Gasteiger partial charge is 0.497 e. The summed E-state index contributed by atoms with van der Waals surface area (Å²) >= 11 is 0. The molecule has 1 fully saturated rings. The molecule has 9 heteroatoms. The number of aliphatic hydroxyl groups excluding tert-OH is 1. The molecule has 0 amide bonds. The summed E-state index contributed by atoms with van der Waals surface area (Å²) in [5, 5.41) is 13.5. The summed E-state index contributed by atoms with van der Waals surface area (Å²) in [5.41, 5.74) is 2.82. The molecule has 0 saturated heterocycles. The highest BCUT2D eigenvalue weighted by atomic mass is 32.2. The number of methoxy groups -OCH3 is 2. The Labute approximate surface area is 330 Å². The van der Waals surface area contributed by atoms with Crippen molar-refractivity contribution in [3.63, 3.8) is 0 Å². The van der Waals surface area contributed by atoms with Crippen LogP contribution in [0.25, 0.3) is 0 Å². The number of rotatable bonds is 17. The molecule has 0 heterocycles. The molecule has 6 atom stereocenters. The highest BCUT2D eigenvalue weighted by Gasteiger charge is 2.51. The fraction of sp³-hybridized carbons (Fsp3) is 0.435. The Kier molecular flexibility index (Phi) is 12.8. The maximum Gasteiger partial charge on any atom is 0.261 e. The summed E-state index contributed by atoms with van der Waals surface area (Å²) in [6.07, 6.45) is 4.30. The van der Waals surface area contributed by atoms with Crippen molar-refractivity contribution in [3.8, 4) is 11.5 Å². The van der Waals surface area contributed by atoms with E-state index in [1.807, 2.05) is 62.4 Å². The van der Waals surface area contributed by atoms with Crippen molar-refractivity contribution in [2.24, 2.45) is 23.7 Å². The molecule has 0 aliphatic heterocycles. The highest BCUT2D eigenvalue weighted by Crippen LogP contribution is 2.46. The molecule has 0 spiro atoms. The first kappa shape index (κ1) is 40.9. The molecule has 1 N–H and O–H groups in total. The number of nitrogens with zero attached hydrogens (tertiary/aromatic N) is 1. The third-order valence-corrected chi connectivity index (χ3v) is 19.7. The number of sulfonamides is 1. The van der Waals surface area contributed by atoms with Gasteiger partial charge in [-0.15, -0.1) is 0 Å². The molecule has 0 bridgehead atoms. The maximum atomic E-state index is 14.4. The molecule has 4 aromatic carbocycles. The van der Waals surface area contributed by atoms with E-state index in [0.717, 1.165) is 41.0 Å². The lowest BCUT2D eigenvalue weighted by Crippen LogP contribution is -2.67. The molecule has 1 saturated carbocycles. The first-order valence-corrected chi connectivity index (χ1v) is 23.1. The van der Waals surface area contributed by atoms with E-state index in [-0.39, 0.29) is 41.8 Å². The number of aliphatic hydroxyl groups is 1. The van der Waals surface area contributed by atoms with Crippen molar-refractivity contribution < 1.29 is 27.4 Å². The van der Waals surface area contributed by atoms with Gasteiger partial charge < -0.3 is 19.0 Å². The van der Waals surface area contributed by atoms with E-state index in [4.69, 9.17) is 13.9 Å². The minimum absolute atomic E-state index is 0.0742. The predicted molar refractivity (Wildman–Crippen MR) is 225 cm³/mol. The predicted octanol–water partition coefficient (Wildman–Crippen LogP) is 7.97. The minimum atomic E-state index is -3.72. The van der Waals surface area contributed by atoms with Crippen molar-refractivity contribution in [1.29, 1.82) is 0 Å². The number of allylic oxidation sites excluding steroid dienone is 1. The van der Waals surface area contributed by atoms with Crippen molar-refractivity contribution >= 4 is 28.7 Å². The molecule has 0 unspecified atom stereocenters. The van der Waals surface area contributed by atoms with Crippen LogP contribution < -0.4 is 19.8 Å². The maximum absolute atomic E-state index is 14.4. The van der Waals surface area contributed by atoms with Crippen LogP contribution in [0.15, 0.2) is 121 Å². The number of benzene rings is 4. The van der Waals surface area contributed by atoms with Gasteiger partial charge in [-0.05, 0) is 106 Å². The molecular formula is C46H59NO6SSi. The fourth-order valence-corrected chi connectivity index (χ4v) is 15.0. The lowest BCUT2D eigenvalue weighted by Gasteiger charge is -2.48. The fourth-order valence-electron chi connectivity index (χ4n) is 8.52. The van der Waals surface area contributed by atoms with Gasteiger partial charge in [0.15, 0.2) is 0 Å². The molecule has 0 radical (unpaired) electrons. The molecule has 7 nitrogen and oxygen atoms in total. The van der Waals surface area contributed by atoms with Crippen LogP contribution in [0.4, 0.5) is 0 Å². The van der Waals surface area contributed by atoms with E-state index >= 15 is 0 Å². The third kappa shape index (κ3) is 8.66. The molecule has 55 heavy (non-hydrogen) atoms. The summed E-state index contributed by atoms with van der Waals surface area (Å²) in [6.45, 7) is 11.9. The van der Waals surface area contributed by atoms with Gasteiger partial charge in [-0.3, -0.25) is 0 Å². The van der Waals surface area contributed by atoms with E-state index in [9.17, 15) is 13.5 Å². The average Bonchev–Trinajstić information content (AvgIpc) is 3.15. The van der Waals surface area contributed by atoms with Gasteiger partial charge in [-0.1, -0.05) is 119 Å². The van der Waals surface area contributed by atoms with E-state index in [0.29, 0.717) is 13.0 Å². The molecule has 6 rings (SSSR count). The Hall–Kier alpha value is -3.73. The van der Waals surface area contributed by atoms with Crippen molar-refractivity contribution in [2.45, 2.75) is 83.4 Å². The Morgan fingerprint density at radius 3 is 1.64 bits per heavy atom. The van der Waals surface area contributed by atoms with Crippen LogP contribution in [0, 0.1) is 23.7 Å². The number of ether oxygens (including phenoxy) is 2. The second-order valence-electron chi connectivity index (χ2n) is 16.6. The van der Waals surface area contributed by atoms with Crippen LogP contribution in [0.5, 0.6) is 11.5 Å². The summed E-state index contributed by atoms with van der Waals surface area (Å²) < 4.78 is 48.4. The summed E-state index contributed by atoms with van der Waals surface area (Å²) in [4.78, 5) is 0. The minimum Gasteiger partial charge on any atom is -0.497 e. The standard InChI is InChI=1S/C46H59NO6SSi/c1-33(34(2)54(49,50)47(30-35-18-23-40(51-6)24-19-35)31-36-20-25-41(52-7)26-21-36)38-28-39(29-38)45(48)44-27-22-37(44)32-53-55(46(3,4)5,42-14-10-8-11-15-42)43-16-12-9-13-17-43/h8-21,23-26,28,33-34,37-38,44-45,48H,22,27,29-32H2,1-7H3/t33-,34-,37+,38+,44-,45+/m1/s1. The van der Waals surface area contributed by atoms with Gasteiger partial charge >= 0.3 is 0 Å². The van der Waals surface area contributed by atoms with Crippen LogP contribution in [0.1, 0.15) is 65.0 Å². The zero-order chi connectivity index (χ0) is 39.4. The van der Waals surface area contributed by atoms with E-state index in [1.165, 1.54) is 10.4 Å². The molecular weight excluding hydrogens is 723 g/mol. The summed E-state index contributed by atoms with van der Waals surface area (Å²) in [5.74, 6) is 1.79. The Morgan fingerprint density at radius 2 is 1.24 bits per heavy atom. The Morgan fingerprint density at radius 1 is 0.764 bits per heavy atom. The zero-order valence-corrected chi connectivity index (χ0v) is 35.3. The van der Waals surface area contributed by atoms with Crippen molar-refractivity contribution in [1.82, 2.24) is 4.31 Å². The van der Waals surface area contributed by atoms with Crippen LogP contribution in [0.3, 0.4) is 0 Å². The Bertz CT molecular complexity index is 1890. The smallest absolute Gasteiger partial charge is 0.261 e. The van der Waals surface area contributed by atoms with Gasteiger partial charge in [0.25, 0.3) is 8.32 Å². The van der Waals surface area contributed by atoms with Crippen molar-refractivity contribution in [3.05, 3.63) is 132 Å². The number of hydrogen-bond acceptors (Lipinski definition) is 6. The number of hydrogen-bond donors (Lipinski definition) is 1. The SMILES string of the molecule is COc1ccc(CN(Cc2ccc(OC)cc2)S(=O)(=O)[C@H](C)[C@@H](C)[C@H]2C=C([C@H](O)[C@@H]3CC[C@H]3CO[Si](c3ccccc3)(c3ccccc3)C(C)(C)C)C2)cc1. The quantitative estimate of drug-likeness (QED) is 0.0865. The zero-order valence-electron chi connectivity index (χ0n) is 33.5. The second-order valence-corrected chi connectivity index (χ2v) is 23.2. The van der Waals surface area contributed by atoms with Crippen LogP contribution in [-0.2, 0) is 27.5 Å². The second kappa shape index (κ2) is 17.2. The van der Waals surface area contributed by atoms with Gasteiger partial charge in [0.2, 0.25) is 10.0 Å². The lowest BCUT2D eigenvalue weighted by atomic mass is 9.65. The normalized spacial score (nSPS) is 20.5. The average molecular weight is 782 g/mol. The van der Waals surface area contributed by atoms with Gasteiger partial charge in [-0.2, -0.15) is 4.31 Å². The van der Waals surface area contributed by atoms with Gasteiger partial charge in [0.1, 0.15) is 11.5 Å². The highest BCUT2D eigenvalue weighted by molar-refractivity contribution is 7.89.